The van der Waals surface area contributed by atoms with Crippen LogP contribution in [0, 0.1) is 0 Å². The molecule has 3 N–H and O–H groups in total. The van der Waals surface area contributed by atoms with Gasteiger partial charge in [0.15, 0.2) is 0 Å². The summed E-state index contributed by atoms with van der Waals surface area (Å²) >= 11 is 0. The first-order valence-corrected chi connectivity index (χ1v) is 4.76. The smallest absolute Gasteiger partial charge is 0.0437 e. The second kappa shape index (κ2) is 3.78. The quantitative estimate of drug-likeness (QED) is 0.558. The van der Waals surface area contributed by atoms with E-state index in [0.717, 1.165) is 0 Å². The lowest BCUT2D eigenvalue weighted by molar-refractivity contribution is 0.606. The molecule has 0 radical (unpaired) electrons. The van der Waals surface area contributed by atoms with Crippen LogP contribution in [0.5, 0.6) is 0 Å². The molecule has 0 fully saturated rings. The molecule has 2 nitrogen and oxygen atoms in total. The van der Waals surface area contributed by atoms with Gasteiger partial charge in [-0.2, -0.15) is 0 Å². The van der Waals surface area contributed by atoms with E-state index in [4.69, 9.17) is 5.84 Å². The van der Waals surface area contributed by atoms with Gasteiger partial charge in [0.1, 0.15) is 0 Å². The molecule has 0 saturated heterocycles. The summed E-state index contributed by atoms with van der Waals surface area (Å²) in [4.78, 5) is 0. The third kappa shape index (κ3) is 1.50. The highest BCUT2D eigenvalue weighted by molar-refractivity contribution is 5.86. The Morgan fingerprint density at radius 1 is 1.07 bits per heavy atom. The normalized spacial score (nSPS) is 13.0. The lowest BCUT2D eigenvalue weighted by atomic mass is 10.0. The van der Waals surface area contributed by atoms with E-state index in [-0.39, 0.29) is 6.04 Å². The van der Waals surface area contributed by atoms with Crippen LogP contribution >= 0.6 is 0 Å². The van der Waals surface area contributed by atoms with Crippen molar-refractivity contribution in [2.45, 2.75) is 13.0 Å². The van der Waals surface area contributed by atoms with Gasteiger partial charge in [0.2, 0.25) is 0 Å². The van der Waals surface area contributed by atoms with Crippen molar-refractivity contribution >= 4 is 10.8 Å². The summed E-state index contributed by atoms with van der Waals surface area (Å²) < 4.78 is 0. The minimum atomic E-state index is 0.182. The zero-order valence-corrected chi connectivity index (χ0v) is 8.20. The van der Waals surface area contributed by atoms with E-state index in [1.54, 1.807) is 0 Å². The first kappa shape index (κ1) is 9.19. The van der Waals surface area contributed by atoms with Gasteiger partial charge in [-0.25, -0.2) is 0 Å². The van der Waals surface area contributed by atoms with Gasteiger partial charge in [-0.1, -0.05) is 42.5 Å². The van der Waals surface area contributed by atoms with E-state index in [9.17, 15) is 0 Å². The third-order valence-electron chi connectivity index (χ3n) is 2.54. The molecule has 14 heavy (non-hydrogen) atoms. The van der Waals surface area contributed by atoms with Gasteiger partial charge in [-0.05, 0) is 23.3 Å². The van der Waals surface area contributed by atoms with Crippen molar-refractivity contribution in [3.8, 4) is 0 Å². The van der Waals surface area contributed by atoms with E-state index in [0.29, 0.717) is 0 Å². The minimum absolute atomic E-state index is 0.182. The molecule has 2 heteroatoms. The lowest BCUT2D eigenvalue weighted by Gasteiger charge is -2.13. The highest BCUT2D eigenvalue weighted by Gasteiger charge is 2.05. The molecular weight excluding hydrogens is 172 g/mol. The number of fused-ring (bicyclic) bond motifs is 1. The Bertz CT molecular complexity index is 432. The maximum Gasteiger partial charge on any atom is 0.0437 e. The maximum atomic E-state index is 5.45. The van der Waals surface area contributed by atoms with Crippen molar-refractivity contribution in [3.63, 3.8) is 0 Å². The van der Waals surface area contributed by atoms with Crippen LogP contribution in [0.4, 0.5) is 0 Å². The van der Waals surface area contributed by atoms with Crippen LogP contribution in [0.3, 0.4) is 0 Å². The van der Waals surface area contributed by atoms with Gasteiger partial charge in [0.05, 0.1) is 0 Å². The van der Waals surface area contributed by atoms with Crippen molar-refractivity contribution in [3.05, 3.63) is 48.0 Å². The van der Waals surface area contributed by atoms with Crippen LogP contribution in [-0.2, 0) is 0 Å². The van der Waals surface area contributed by atoms with Crippen molar-refractivity contribution < 1.29 is 0 Å². The second-order valence-corrected chi connectivity index (χ2v) is 3.46. The molecule has 2 rings (SSSR count). The lowest BCUT2D eigenvalue weighted by Crippen LogP contribution is -2.25. The highest BCUT2D eigenvalue weighted by Crippen LogP contribution is 2.23. The Morgan fingerprint density at radius 2 is 1.79 bits per heavy atom. The number of rotatable bonds is 2. The molecule has 0 aliphatic rings. The SMILES string of the molecule is CC(NN)c1cccc2ccccc12. The summed E-state index contributed by atoms with van der Waals surface area (Å²) in [5.74, 6) is 5.45. The molecule has 0 aliphatic heterocycles. The maximum absolute atomic E-state index is 5.45. The first-order valence-electron chi connectivity index (χ1n) is 4.76. The molecule has 0 saturated carbocycles. The van der Waals surface area contributed by atoms with Crippen molar-refractivity contribution in [1.82, 2.24) is 5.43 Å². The van der Waals surface area contributed by atoms with Crippen LogP contribution in [0.2, 0.25) is 0 Å². The Hall–Kier alpha value is -1.38. The Labute approximate surface area is 83.7 Å². The number of hydrogen-bond donors (Lipinski definition) is 2. The van der Waals surface area contributed by atoms with Gasteiger partial charge in [0, 0.05) is 6.04 Å². The molecular formula is C12H14N2. The van der Waals surface area contributed by atoms with Crippen LogP contribution in [-0.4, -0.2) is 0 Å². The molecule has 0 spiro atoms. The van der Waals surface area contributed by atoms with Crippen molar-refractivity contribution in [2.24, 2.45) is 5.84 Å². The summed E-state index contributed by atoms with van der Waals surface area (Å²) in [6.45, 7) is 2.06. The van der Waals surface area contributed by atoms with Gasteiger partial charge in [0.25, 0.3) is 0 Å². The average molecular weight is 186 g/mol. The molecule has 2 aromatic rings. The van der Waals surface area contributed by atoms with Crippen LogP contribution < -0.4 is 11.3 Å². The predicted octanol–water partition coefficient (Wildman–Crippen LogP) is 2.36. The second-order valence-electron chi connectivity index (χ2n) is 3.46. The van der Waals surface area contributed by atoms with Gasteiger partial charge in [-0.15, -0.1) is 0 Å². The molecule has 0 aromatic heterocycles. The highest BCUT2D eigenvalue weighted by atomic mass is 15.2. The third-order valence-corrected chi connectivity index (χ3v) is 2.54. The summed E-state index contributed by atoms with van der Waals surface area (Å²) in [6.07, 6.45) is 0. The number of hydrogen-bond acceptors (Lipinski definition) is 2. The number of nitrogens with two attached hydrogens (primary N) is 1. The van der Waals surface area contributed by atoms with E-state index in [2.05, 4.69) is 48.7 Å². The Balaban J connectivity index is 2.65. The summed E-state index contributed by atoms with van der Waals surface area (Å²) in [6, 6.07) is 14.8. The fraction of sp³-hybridized carbons (Fsp3) is 0.167. The summed E-state index contributed by atoms with van der Waals surface area (Å²) in [7, 11) is 0. The molecule has 1 atom stereocenters. The topological polar surface area (TPSA) is 38.0 Å². The van der Waals surface area contributed by atoms with Crippen LogP contribution in [0.1, 0.15) is 18.5 Å². The molecule has 2 aromatic carbocycles. The number of nitrogens with one attached hydrogen (secondary N) is 1. The van der Waals surface area contributed by atoms with E-state index >= 15 is 0 Å². The van der Waals surface area contributed by atoms with Crippen LogP contribution in [0.25, 0.3) is 10.8 Å². The van der Waals surface area contributed by atoms with E-state index in [1.807, 2.05) is 6.07 Å². The van der Waals surface area contributed by atoms with Gasteiger partial charge in [-0.3, -0.25) is 11.3 Å². The predicted molar refractivity (Wildman–Crippen MR) is 59.7 cm³/mol. The number of benzene rings is 2. The van der Waals surface area contributed by atoms with Crippen LogP contribution in [0.15, 0.2) is 42.5 Å². The van der Waals surface area contributed by atoms with Gasteiger partial charge < -0.3 is 0 Å². The zero-order chi connectivity index (χ0) is 9.97. The fourth-order valence-corrected chi connectivity index (χ4v) is 1.72. The number of hydrazine groups is 1. The molecule has 1 unspecified atom stereocenters. The van der Waals surface area contributed by atoms with E-state index < -0.39 is 0 Å². The monoisotopic (exact) mass is 186 g/mol. The van der Waals surface area contributed by atoms with Crippen molar-refractivity contribution in [2.75, 3.05) is 0 Å². The Kier molecular flexibility index (Phi) is 2.48. The zero-order valence-electron chi connectivity index (χ0n) is 8.20. The molecule has 0 bridgehead atoms. The standard InChI is InChI=1S/C12H14N2/c1-9(14-13)11-8-4-6-10-5-2-3-7-12(10)11/h2-9,14H,13H2,1H3. The average Bonchev–Trinajstić information content (AvgIpc) is 2.27. The molecule has 0 aliphatic carbocycles. The van der Waals surface area contributed by atoms with Crippen molar-refractivity contribution in [1.29, 1.82) is 0 Å². The summed E-state index contributed by atoms with van der Waals surface area (Å²) in [5.41, 5.74) is 4.01. The fourth-order valence-electron chi connectivity index (χ4n) is 1.72. The summed E-state index contributed by atoms with van der Waals surface area (Å²) in [5, 5.41) is 2.52. The molecule has 0 amide bonds. The largest absolute Gasteiger partial charge is 0.271 e. The molecule has 0 heterocycles. The molecule has 72 valence electrons. The minimum Gasteiger partial charge on any atom is -0.271 e. The van der Waals surface area contributed by atoms with Gasteiger partial charge >= 0.3 is 0 Å². The first-order chi connectivity index (χ1) is 6.83. The Morgan fingerprint density at radius 3 is 2.57 bits per heavy atom. The van der Waals surface area contributed by atoms with E-state index in [1.165, 1.54) is 16.3 Å².